The number of carboxylic acids is 1. The van der Waals surface area contributed by atoms with E-state index in [1.54, 1.807) is 0 Å². The normalized spacial score (nSPS) is 10.4. The zero-order valence-electron chi connectivity index (χ0n) is 11.7. The van der Waals surface area contributed by atoms with Crippen molar-refractivity contribution in [1.29, 1.82) is 0 Å². The van der Waals surface area contributed by atoms with Crippen molar-refractivity contribution >= 4 is 5.97 Å². The van der Waals surface area contributed by atoms with Crippen LogP contribution in [-0.4, -0.2) is 5.97 Å². The second-order valence-electron chi connectivity index (χ2n) is 4.90. The van der Waals surface area contributed by atoms with Gasteiger partial charge in [-0.05, 0) is 31.7 Å². The van der Waals surface area contributed by atoms with Gasteiger partial charge >= 0.3 is 0 Å². The largest absolute Gasteiger partial charge is 0.550 e. The van der Waals surface area contributed by atoms with E-state index in [-0.39, 0.29) is 6.42 Å². The Labute approximate surface area is 119 Å². The van der Waals surface area contributed by atoms with Crippen molar-refractivity contribution in [3.8, 4) is 5.69 Å². The average molecular weight is 269 g/mol. The summed E-state index contributed by atoms with van der Waals surface area (Å²) in [6.45, 7) is 2.10. The predicted molar refractivity (Wildman–Crippen MR) is 75.3 cm³/mol. The molecule has 0 aliphatic carbocycles. The lowest BCUT2D eigenvalue weighted by Gasteiger charge is -2.06. The molecule has 2 rings (SSSR count). The standard InChI is InChI=1S/C17H19NO2/c1-14-15(8-5-6-12-17(19)20)9-7-13-18(14)16-10-3-2-4-11-16/h2-4,7,9-11,13H,5-6,8,12H2,1H3. The molecule has 3 heteroatoms. The lowest BCUT2D eigenvalue weighted by atomic mass is 10.1. The number of hydrogen-bond donors (Lipinski definition) is 0. The van der Waals surface area contributed by atoms with Crippen molar-refractivity contribution in [2.24, 2.45) is 0 Å². The van der Waals surface area contributed by atoms with Crippen LogP contribution in [0.2, 0.25) is 0 Å². The first-order valence-electron chi connectivity index (χ1n) is 6.94. The van der Waals surface area contributed by atoms with Gasteiger partial charge < -0.3 is 9.90 Å². The van der Waals surface area contributed by atoms with Gasteiger partial charge in [-0.3, -0.25) is 0 Å². The highest BCUT2D eigenvalue weighted by atomic mass is 16.4. The summed E-state index contributed by atoms with van der Waals surface area (Å²) >= 11 is 0. The molecule has 0 aliphatic heterocycles. The van der Waals surface area contributed by atoms with Gasteiger partial charge in [0.05, 0.1) is 0 Å². The van der Waals surface area contributed by atoms with Crippen molar-refractivity contribution < 1.29 is 14.5 Å². The summed E-state index contributed by atoms with van der Waals surface area (Å²) in [5.74, 6) is -0.964. The van der Waals surface area contributed by atoms with Crippen LogP contribution in [0, 0.1) is 6.92 Å². The third-order valence-electron chi connectivity index (χ3n) is 3.47. The summed E-state index contributed by atoms with van der Waals surface area (Å²) in [7, 11) is 0. The van der Waals surface area contributed by atoms with Gasteiger partial charge in [0.15, 0.2) is 11.9 Å². The number of rotatable bonds is 6. The third kappa shape index (κ3) is 3.67. The highest BCUT2D eigenvalue weighted by molar-refractivity contribution is 5.64. The van der Waals surface area contributed by atoms with Gasteiger partial charge in [-0.25, -0.2) is 0 Å². The van der Waals surface area contributed by atoms with Gasteiger partial charge in [-0.2, -0.15) is 4.57 Å². The first-order valence-corrected chi connectivity index (χ1v) is 6.94. The first-order chi connectivity index (χ1) is 9.68. The van der Waals surface area contributed by atoms with Crippen molar-refractivity contribution in [1.82, 2.24) is 0 Å². The van der Waals surface area contributed by atoms with E-state index in [1.165, 1.54) is 11.3 Å². The van der Waals surface area contributed by atoms with E-state index < -0.39 is 5.97 Å². The smallest absolute Gasteiger partial charge is 0.210 e. The zero-order chi connectivity index (χ0) is 14.4. The van der Waals surface area contributed by atoms with E-state index in [0.29, 0.717) is 6.42 Å². The Kier molecular flexibility index (Phi) is 4.88. The van der Waals surface area contributed by atoms with Crippen LogP contribution in [0.5, 0.6) is 0 Å². The quantitative estimate of drug-likeness (QED) is 0.592. The fourth-order valence-corrected chi connectivity index (χ4v) is 2.35. The maximum absolute atomic E-state index is 10.4. The summed E-state index contributed by atoms with van der Waals surface area (Å²) in [6.07, 6.45) is 4.63. The summed E-state index contributed by atoms with van der Waals surface area (Å²) in [5.41, 5.74) is 3.60. The molecule has 3 nitrogen and oxygen atoms in total. The van der Waals surface area contributed by atoms with Gasteiger partial charge in [0.1, 0.15) is 0 Å². The minimum absolute atomic E-state index is 0.143. The maximum atomic E-state index is 10.4. The number of pyridine rings is 1. The third-order valence-corrected chi connectivity index (χ3v) is 3.47. The van der Waals surface area contributed by atoms with Gasteiger partial charge in [0.2, 0.25) is 5.69 Å². The summed E-state index contributed by atoms with van der Waals surface area (Å²) in [4.78, 5) is 10.4. The van der Waals surface area contributed by atoms with E-state index >= 15 is 0 Å². The molecule has 0 atom stereocenters. The number of para-hydroxylation sites is 1. The second kappa shape index (κ2) is 6.85. The average Bonchev–Trinajstić information content (AvgIpc) is 2.46. The Morgan fingerprint density at radius 3 is 2.55 bits per heavy atom. The maximum Gasteiger partial charge on any atom is 0.210 e. The monoisotopic (exact) mass is 269 g/mol. The van der Waals surface area contributed by atoms with Gasteiger partial charge in [0, 0.05) is 36.7 Å². The fourth-order valence-electron chi connectivity index (χ4n) is 2.35. The second-order valence-corrected chi connectivity index (χ2v) is 4.90. The molecule has 0 unspecified atom stereocenters. The molecule has 2 aromatic rings. The Balaban J connectivity index is 2.10. The Hall–Kier alpha value is -2.16. The number of hydrogen-bond acceptors (Lipinski definition) is 2. The molecule has 0 aliphatic rings. The van der Waals surface area contributed by atoms with E-state index in [2.05, 4.69) is 35.9 Å². The molecule has 20 heavy (non-hydrogen) atoms. The van der Waals surface area contributed by atoms with Crippen LogP contribution in [-0.2, 0) is 11.2 Å². The summed E-state index contributed by atoms with van der Waals surface area (Å²) < 4.78 is 2.16. The molecule has 0 spiro atoms. The fraction of sp³-hybridized carbons (Fsp3) is 0.294. The van der Waals surface area contributed by atoms with Crippen molar-refractivity contribution in [2.75, 3.05) is 0 Å². The zero-order valence-corrected chi connectivity index (χ0v) is 11.7. The molecule has 0 radical (unpaired) electrons. The van der Waals surface area contributed by atoms with Gasteiger partial charge in [-0.1, -0.05) is 18.2 Å². The number of carbonyl (C=O) groups is 1. The van der Waals surface area contributed by atoms with E-state index in [1.807, 2.05) is 24.3 Å². The Morgan fingerprint density at radius 1 is 1.10 bits per heavy atom. The Morgan fingerprint density at radius 2 is 1.85 bits per heavy atom. The molecule has 1 aromatic carbocycles. The van der Waals surface area contributed by atoms with Crippen molar-refractivity contribution in [3.63, 3.8) is 0 Å². The summed E-state index contributed by atoms with van der Waals surface area (Å²) in [6, 6.07) is 14.3. The summed E-state index contributed by atoms with van der Waals surface area (Å²) in [5, 5.41) is 10.4. The van der Waals surface area contributed by atoms with E-state index in [9.17, 15) is 9.90 Å². The van der Waals surface area contributed by atoms with Crippen LogP contribution in [0.25, 0.3) is 5.69 Å². The molecular weight excluding hydrogens is 250 g/mol. The molecular formula is C17H19NO2. The molecule has 0 saturated carbocycles. The molecule has 0 N–H and O–H groups in total. The lowest BCUT2D eigenvalue weighted by Crippen LogP contribution is -2.34. The molecule has 1 aromatic heterocycles. The highest BCUT2D eigenvalue weighted by Crippen LogP contribution is 2.10. The highest BCUT2D eigenvalue weighted by Gasteiger charge is 2.12. The topological polar surface area (TPSA) is 44.0 Å². The molecule has 104 valence electrons. The number of aryl methyl sites for hydroxylation is 1. The van der Waals surface area contributed by atoms with Crippen molar-refractivity contribution in [3.05, 3.63) is 59.9 Å². The van der Waals surface area contributed by atoms with Crippen LogP contribution in [0.4, 0.5) is 0 Å². The molecule has 0 bridgehead atoms. The minimum atomic E-state index is -0.964. The number of unbranched alkanes of at least 4 members (excludes halogenated alkanes) is 1. The van der Waals surface area contributed by atoms with Crippen molar-refractivity contribution in [2.45, 2.75) is 32.6 Å². The number of carboxylic acid groups (broad SMARTS) is 1. The van der Waals surface area contributed by atoms with Crippen LogP contribution in [0.15, 0.2) is 48.7 Å². The molecule has 1 heterocycles. The lowest BCUT2D eigenvalue weighted by molar-refractivity contribution is -0.603. The minimum Gasteiger partial charge on any atom is -0.550 e. The number of carbonyl (C=O) groups excluding carboxylic acids is 1. The SMILES string of the molecule is Cc1c(CCCCC(=O)[O-])ccc[n+]1-c1ccccc1. The van der Waals surface area contributed by atoms with Gasteiger partial charge in [0.25, 0.3) is 0 Å². The van der Waals surface area contributed by atoms with Crippen LogP contribution in [0.1, 0.15) is 30.5 Å². The van der Waals surface area contributed by atoms with Crippen LogP contribution in [0.3, 0.4) is 0 Å². The molecule has 0 amide bonds. The van der Waals surface area contributed by atoms with E-state index in [4.69, 9.17) is 0 Å². The number of nitrogens with zero attached hydrogens (tertiary/aromatic N) is 1. The van der Waals surface area contributed by atoms with Crippen LogP contribution >= 0.6 is 0 Å². The molecule has 0 saturated heterocycles. The number of aromatic nitrogens is 1. The number of aliphatic carboxylic acids is 1. The van der Waals surface area contributed by atoms with Crippen LogP contribution < -0.4 is 9.67 Å². The van der Waals surface area contributed by atoms with Gasteiger partial charge in [-0.15, -0.1) is 0 Å². The van der Waals surface area contributed by atoms with E-state index in [0.717, 1.165) is 18.5 Å². The Bertz CT molecular complexity index is 579. The first kappa shape index (κ1) is 14.3. The molecule has 0 fully saturated rings. The number of benzene rings is 1. The predicted octanol–water partition coefficient (Wildman–Crippen LogP) is 1.73.